The molecule has 3 fully saturated rings. The van der Waals surface area contributed by atoms with Crippen LogP contribution >= 0.6 is 0 Å². The van der Waals surface area contributed by atoms with Crippen molar-refractivity contribution in [2.24, 2.45) is 0 Å². The van der Waals surface area contributed by atoms with Gasteiger partial charge < -0.3 is 15.0 Å². The Bertz CT molecular complexity index is 303. The first-order valence-electron chi connectivity index (χ1n) is 9.38. The number of ether oxygens (including phenoxy) is 1. The van der Waals surface area contributed by atoms with Gasteiger partial charge >= 0.3 is 0 Å². The molecule has 21 heavy (non-hydrogen) atoms. The van der Waals surface area contributed by atoms with Crippen molar-refractivity contribution in [1.29, 1.82) is 0 Å². The lowest BCUT2D eigenvalue weighted by Gasteiger charge is -2.44. The summed E-state index contributed by atoms with van der Waals surface area (Å²) in [7, 11) is 0. The number of nitrogens with zero attached hydrogens (tertiary/aromatic N) is 1. The molecule has 2 aliphatic heterocycles. The van der Waals surface area contributed by atoms with Crippen molar-refractivity contribution in [2.75, 3.05) is 26.2 Å². The molecule has 2 unspecified atom stereocenters. The van der Waals surface area contributed by atoms with Crippen LogP contribution in [0.4, 0.5) is 0 Å². The lowest BCUT2D eigenvalue weighted by atomic mass is 9.78. The molecule has 3 nitrogen and oxygen atoms in total. The summed E-state index contributed by atoms with van der Waals surface area (Å²) in [5.74, 6) is 0. The Labute approximate surface area is 130 Å². The van der Waals surface area contributed by atoms with Gasteiger partial charge in [-0.15, -0.1) is 0 Å². The van der Waals surface area contributed by atoms with Crippen molar-refractivity contribution in [3.8, 4) is 0 Å². The number of rotatable bonds is 4. The molecule has 0 bridgehead atoms. The Morgan fingerprint density at radius 2 is 1.81 bits per heavy atom. The topological polar surface area (TPSA) is 24.5 Å². The van der Waals surface area contributed by atoms with Gasteiger partial charge in [-0.05, 0) is 58.5 Å². The van der Waals surface area contributed by atoms with Gasteiger partial charge in [0, 0.05) is 25.2 Å². The standard InChI is InChI=1S/C18H34N2O/c1-16(15-20-11-6-3-7-12-20)19-17-8-13-21-18(14-17)9-4-2-5-10-18/h16-17,19H,2-15H2,1H3. The van der Waals surface area contributed by atoms with Crippen LogP contribution in [0.1, 0.15) is 71.1 Å². The summed E-state index contributed by atoms with van der Waals surface area (Å²) in [6.07, 6.45) is 13.4. The molecule has 1 N–H and O–H groups in total. The van der Waals surface area contributed by atoms with Gasteiger partial charge in [0.25, 0.3) is 0 Å². The molecule has 0 radical (unpaired) electrons. The zero-order valence-corrected chi connectivity index (χ0v) is 13.9. The Morgan fingerprint density at radius 3 is 2.57 bits per heavy atom. The van der Waals surface area contributed by atoms with Crippen molar-refractivity contribution < 1.29 is 4.74 Å². The molecule has 0 aromatic carbocycles. The molecular weight excluding hydrogens is 260 g/mol. The van der Waals surface area contributed by atoms with E-state index in [1.807, 2.05) is 0 Å². The van der Waals surface area contributed by atoms with Crippen molar-refractivity contribution >= 4 is 0 Å². The molecule has 0 amide bonds. The van der Waals surface area contributed by atoms with E-state index in [1.165, 1.54) is 83.8 Å². The molecule has 2 heterocycles. The van der Waals surface area contributed by atoms with Crippen LogP contribution in [0.2, 0.25) is 0 Å². The number of likely N-dealkylation sites (tertiary alicyclic amines) is 1. The van der Waals surface area contributed by atoms with Gasteiger partial charge in [0.15, 0.2) is 0 Å². The molecule has 1 spiro atoms. The third-order valence-corrected chi connectivity index (χ3v) is 5.76. The van der Waals surface area contributed by atoms with Crippen LogP contribution in [-0.4, -0.2) is 48.8 Å². The summed E-state index contributed by atoms with van der Waals surface area (Å²) in [6.45, 7) is 7.18. The predicted molar refractivity (Wildman–Crippen MR) is 87.7 cm³/mol. The molecule has 3 rings (SSSR count). The lowest BCUT2D eigenvalue weighted by molar-refractivity contribution is -0.110. The molecule has 0 aromatic rings. The fourth-order valence-corrected chi connectivity index (χ4v) is 4.70. The smallest absolute Gasteiger partial charge is 0.0697 e. The van der Waals surface area contributed by atoms with Gasteiger partial charge in [-0.2, -0.15) is 0 Å². The first-order chi connectivity index (χ1) is 10.3. The number of hydrogen-bond acceptors (Lipinski definition) is 3. The van der Waals surface area contributed by atoms with Crippen molar-refractivity contribution in [3.05, 3.63) is 0 Å². The Hall–Kier alpha value is -0.120. The van der Waals surface area contributed by atoms with Crippen LogP contribution in [0.25, 0.3) is 0 Å². The maximum Gasteiger partial charge on any atom is 0.0697 e. The zero-order valence-electron chi connectivity index (χ0n) is 13.9. The summed E-state index contributed by atoms with van der Waals surface area (Å²) in [5.41, 5.74) is 0.235. The quantitative estimate of drug-likeness (QED) is 0.861. The van der Waals surface area contributed by atoms with Crippen LogP contribution in [0.5, 0.6) is 0 Å². The van der Waals surface area contributed by atoms with Crippen LogP contribution in [0.15, 0.2) is 0 Å². The fourth-order valence-electron chi connectivity index (χ4n) is 4.70. The Kier molecular flexibility index (Phi) is 5.58. The van der Waals surface area contributed by atoms with E-state index in [0.29, 0.717) is 12.1 Å². The van der Waals surface area contributed by atoms with Crippen LogP contribution < -0.4 is 5.32 Å². The minimum atomic E-state index is 0.235. The van der Waals surface area contributed by atoms with Crippen molar-refractivity contribution in [1.82, 2.24) is 10.2 Å². The summed E-state index contributed by atoms with van der Waals surface area (Å²) in [6, 6.07) is 1.29. The van der Waals surface area contributed by atoms with Gasteiger partial charge in [0.05, 0.1) is 5.60 Å². The first-order valence-corrected chi connectivity index (χ1v) is 9.38. The molecule has 0 aromatic heterocycles. The average Bonchev–Trinajstić information content (AvgIpc) is 2.49. The molecule has 2 atom stereocenters. The maximum absolute atomic E-state index is 6.22. The summed E-state index contributed by atoms with van der Waals surface area (Å²) < 4.78 is 6.22. The summed E-state index contributed by atoms with van der Waals surface area (Å²) in [5, 5.41) is 3.92. The van der Waals surface area contributed by atoms with E-state index in [9.17, 15) is 0 Å². The SMILES string of the molecule is CC(CN1CCCCC1)NC1CCOC2(CCCCC2)C1. The van der Waals surface area contributed by atoms with E-state index in [2.05, 4.69) is 17.1 Å². The molecule has 3 aliphatic rings. The fraction of sp³-hybridized carbons (Fsp3) is 1.00. The number of piperidine rings is 1. The van der Waals surface area contributed by atoms with Gasteiger partial charge in [0.1, 0.15) is 0 Å². The highest BCUT2D eigenvalue weighted by atomic mass is 16.5. The monoisotopic (exact) mass is 294 g/mol. The van der Waals surface area contributed by atoms with Gasteiger partial charge in [-0.1, -0.05) is 25.7 Å². The van der Waals surface area contributed by atoms with Crippen LogP contribution in [-0.2, 0) is 4.74 Å². The van der Waals surface area contributed by atoms with E-state index in [1.54, 1.807) is 0 Å². The van der Waals surface area contributed by atoms with Crippen LogP contribution in [0.3, 0.4) is 0 Å². The van der Waals surface area contributed by atoms with Gasteiger partial charge in [0.2, 0.25) is 0 Å². The molecule has 1 aliphatic carbocycles. The second kappa shape index (κ2) is 7.43. The van der Waals surface area contributed by atoms with E-state index < -0.39 is 0 Å². The highest BCUT2D eigenvalue weighted by molar-refractivity contribution is 4.93. The van der Waals surface area contributed by atoms with Crippen molar-refractivity contribution in [2.45, 2.75) is 88.8 Å². The van der Waals surface area contributed by atoms with E-state index in [-0.39, 0.29) is 5.60 Å². The minimum Gasteiger partial charge on any atom is -0.375 e. The second-order valence-corrected chi connectivity index (χ2v) is 7.71. The van der Waals surface area contributed by atoms with E-state index >= 15 is 0 Å². The summed E-state index contributed by atoms with van der Waals surface area (Å²) >= 11 is 0. The number of hydrogen-bond donors (Lipinski definition) is 1. The predicted octanol–water partition coefficient (Wildman–Crippen LogP) is 3.33. The normalized spacial score (nSPS) is 32.1. The highest BCUT2D eigenvalue weighted by Crippen LogP contribution is 2.38. The number of nitrogens with one attached hydrogen (secondary N) is 1. The largest absolute Gasteiger partial charge is 0.375 e. The third kappa shape index (κ3) is 4.43. The lowest BCUT2D eigenvalue weighted by Crippen LogP contribution is -2.52. The van der Waals surface area contributed by atoms with Crippen LogP contribution in [0, 0.1) is 0 Å². The third-order valence-electron chi connectivity index (χ3n) is 5.76. The molecule has 122 valence electrons. The highest BCUT2D eigenvalue weighted by Gasteiger charge is 2.38. The summed E-state index contributed by atoms with van der Waals surface area (Å²) in [4.78, 5) is 2.65. The molecule has 1 saturated carbocycles. The zero-order chi connectivity index (χ0) is 14.5. The molecule has 3 heteroatoms. The molecular formula is C18H34N2O. The Morgan fingerprint density at radius 1 is 1.10 bits per heavy atom. The van der Waals surface area contributed by atoms with E-state index in [0.717, 1.165) is 6.61 Å². The van der Waals surface area contributed by atoms with Crippen molar-refractivity contribution in [3.63, 3.8) is 0 Å². The first kappa shape index (κ1) is 15.8. The van der Waals surface area contributed by atoms with Gasteiger partial charge in [-0.3, -0.25) is 0 Å². The second-order valence-electron chi connectivity index (χ2n) is 7.71. The van der Waals surface area contributed by atoms with E-state index in [4.69, 9.17) is 4.74 Å². The maximum atomic E-state index is 6.22. The average molecular weight is 294 g/mol. The molecule has 2 saturated heterocycles. The minimum absolute atomic E-state index is 0.235. The Balaban J connectivity index is 1.45. The van der Waals surface area contributed by atoms with Gasteiger partial charge in [-0.25, -0.2) is 0 Å².